The van der Waals surface area contributed by atoms with Crippen molar-refractivity contribution in [1.82, 2.24) is 24.2 Å². The summed E-state index contributed by atoms with van der Waals surface area (Å²) in [6.45, 7) is 12.0. The molecular formula is C62H71N6O9PSi. The van der Waals surface area contributed by atoms with Crippen molar-refractivity contribution in [3.05, 3.63) is 205 Å². The fourth-order valence-electron chi connectivity index (χ4n) is 10.4. The Morgan fingerprint density at radius 2 is 1.23 bits per heavy atom. The molecule has 5 atom stereocenters. The molecule has 9 rings (SSSR count). The zero-order valence-corrected chi connectivity index (χ0v) is 48.1. The first-order valence-electron chi connectivity index (χ1n) is 26.8. The topological polar surface area (TPSA) is 150 Å². The third kappa shape index (κ3) is 12.7. The smallest absolute Gasteiger partial charge is 0.259 e. The molecule has 1 fully saturated rings. The molecule has 0 radical (unpaired) electrons. The Kier molecular flexibility index (Phi) is 19.1. The van der Waals surface area contributed by atoms with Crippen LogP contribution in [0.5, 0.6) is 11.5 Å². The van der Waals surface area contributed by atoms with Crippen LogP contribution in [0, 0.1) is 0 Å². The van der Waals surface area contributed by atoms with Crippen LogP contribution < -0.4 is 25.2 Å². The summed E-state index contributed by atoms with van der Waals surface area (Å²) in [6, 6.07) is 57.4. The number of methoxy groups -OCH3 is 3. The summed E-state index contributed by atoms with van der Waals surface area (Å²) in [5.74, 6) is 1.32. The summed E-state index contributed by atoms with van der Waals surface area (Å²) in [4.78, 5) is 27.6. The van der Waals surface area contributed by atoms with E-state index in [0.29, 0.717) is 41.4 Å². The van der Waals surface area contributed by atoms with Gasteiger partial charge in [0.15, 0.2) is 23.2 Å². The van der Waals surface area contributed by atoms with E-state index in [9.17, 15) is 4.79 Å². The Balaban J connectivity index is 1.16. The number of hydrogen-bond donors (Lipinski definition) is 1. The van der Waals surface area contributed by atoms with Gasteiger partial charge in [0.05, 0.1) is 47.0 Å². The number of benzene rings is 6. The number of carbonyl (C=O) groups is 1. The molecule has 1 saturated heterocycles. The van der Waals surface area contributed by atoms with Gasteiger partial charge in [-0.05, 0) is 86.8 Å². The Morgan fingerprint density at radius 1 is 0.684 bits per heavy atom. The second-order valence-electron chi connectivity index (χ2n) is 20.1. The number of nitrogens with zero attached hydrogens (tertiary/aromatic N) is 5. The molecule has 1 aliphatic rings. The number of carbonyl (C=O) groups excluding carboxylic acids is 1. The minimum absolute atomic E-state index is 0.00220. The molecular weight excluding hydrogens is 1030 g/mol. The number of imidazole rings is 1. The zero-order chi connectivity index (χ0) is 55.4. The summed E-state index contributed by atoms with van der Waals surface area (Å²) in [7, 11) is 0.787. The van der Waals surface area contributed by atoms with Crippen LogP contribution in [0.25, 0.3) is 11.2 Å². The first-order chi connectivity index (χ1) is 38.5. The van der Waals surface area contributed by atoms with E-state index < -0.39 is 46.7 Å². The number of amides is 1. The number of ether oxygens (including phenoxy) is 6. The maximum Gasteiger partial charge on any atom is 0.259 e. The van der Waals surface area contributed by atoms with Crippen LogP contribution in [0.2, 0.25) is 12.6 Å². The lowest BCUT2D eigenvalue weighted by atomic mass is 9.80. The molecule has 2 aromatic heterocycles. The lowest BCUT2D eigenvalue weighted by Crippen LogP contribution is -2.56. The van der Waals surface area contributed by atoms with Crippen LogP contribution >= 0.6 is 8.53 Å². The second-order valence-corrected chi connectivity index (χ2v) is 25.8. The van der Waals surface area contributed by atoms with Crippen molar-refractivity contribution in [1.29, 1.82) is 0 Å². The van der Waals surface area contributed by atoms with Crippen LogP contribution in [-0.2, 0) is 33.6 Å². The van der Waals surface area contributed by atoms with E-state index in [1.807, 2.05) is 89.5 Å². The molecule has 17 heteroatoms. The van der Waals surface area contributed by atoms with E-state index in [4.69, 9.17) is 47.4 Å². The van der Waals surface area contributed by atoms with Crippen LogP contribution in [0.3, 0.4) is 0 Å². The number of hydrogen-bond acceptors (Lipinski definition) is 13. The maximum atomic E-state index is 13.5. The molecule has 412 valence electrons. The first-order valence-corrected chi connectivity index (χ1v) is 30.6. The largest absolute Gasteiger partial charge is 0.497 e. The van der Waals surface area contributed by atoms with E-state index >= 15 is 0 Å². The number of anilines is 1. The van der Waals surface area contributed by atoms with Gasteiger partial charge in [0.25, 0.3) is 14.4 Å². The quantitative estimate of drug-likeness (QED) is 0.0237. The number of aromatic nitrogens is 4. The SMILES string of the molecule is COCCO[C@@H]1[C@H](OP(OCC[Si](C)(c2ccccc2)c2ccccc2)N(C(C)C)C(C)C)[C@@H](COC(c2ccccc2)(c2ccc(OC)cc2)c2ccc(OC)cc2)O[C@H]1n1cnc2c(NC(=O)c3ccccc3)ncnc21. The molecule has 0 bridgehead atoms. The Hall–Kier alpha value is -6.69. The first kappa shape index (κ1) is 57.0. The highest BCUT2D eigenvalue weighted by Gasteiger charge is 2.52. The summed E-state index contributed by atoms with van der Waals surface area (Å²) >= 11 is 0. The number of rotatable bonds is 26. The van der Waals surface area contributed by atoms with Gasteiger partial charge in [0, 0.05) is 24.8 Å². The predicted octanol–water partition coefficient (Wildman–Crippen LogP) is 10.7. The van der Waals surface area contributed by atoms with Crippen molar-refractivity contribution in [3.63, 3.8) is 0 Å². The maximum absolute atomic E-state index is 13.5. The van der Waals surface area contributed by atoms with Crippen molar-refractivity contribution in [3.8, 4) is 11.5 Å². The third-order valence-corrected chi connectivity index (χ3v) is 21.1. The van der Waals surface area contributed by atoms with E-state index in [2.05, 4.69) is 122 Å². The third-order valence-electron chi connectivity index (χ3n) is 14.5. The van der Waals surface area contributed by atoms with Gasteiger partial charge in [0.1, 0.15) is 49.8 Å². The Bertz CT molecular complexity index is 3070. The van der Waals surface area contributed by atoms with E-state index in [1.54, 1.807) is 39.8 Å². The van der Waals surface area contributed by atoms with E-state index in [0.717, 1.165) is 22.7 Å². The van der Waals surface area contributed by atoms with Gasteiger partial charge in [-0.1, -0.05) is 150 Å². The number of nitrogens with one attached hydrogen (secondary N) is 1. The van der Waals surface area contributed by atoms with Gasteiger partial charge in [-0.2, -0.15) is 0 Å². The molecule has 1 unspecified atom stereocenters. The molecule has 79 heavy (non-hydrogen) atoms. The van der Waals surface area contributed by atoms with Gasteiger partial charge in [0.2, 0.25) is 0 Å². The summed E-state index contributed by atoms with van der Waals surface area (Å²) in [5, 5.41) is 5.60. The lowest BCUT2D eigenvalue weighted by molar-refractivity contribution is -0.0966. The van der Waals surface area contributed by atoms with Crippen LogP contribution in [0.4, 0.5) is 5.82 Å². The van der Waals surface area contributed by atoms with Gasteiger partial charge < -0.3 is 42.8 Å². The normalized spacial score (nSPS) is 17.2. The van der Waals surface area contributed by atoms with Crippen molar-refractivity contribution >= 4 is 49.9 Å². The van der Waals surface area contributed by atoms with Gasteiger partial charge in [-0.15, -0.1) is 0 Å². The Labute approximate surface area is 466 Å². The van der Waals surface area contributed by atoms with E-state index in [-0.39, 0.29) is 37.0 Å². The van der Waals surface area contributed by atoms with Crippen LogP contribution in [0.1, 0.15) is 61.0 Å². The molecule has 0 spiro atoms. The fourth-order valence-corrected chi connectivity index (χ4v) is 15.7. The molecule has 6 aromatic carbocycles. The van der Waals surface area contributed by atoms with Gasteiger partial charge in [-0.25, -0.2) is 19.6 Å². The fraction of sp³-hybridized carbons (Fsp3) is 0.323. The summed E-state index contributed by atoms with van der Waals surface area (Å²) in [6.07, 6.45) is -0.286. The minimum Gasteiger partial charge on any atom is -0.497 e. The molecule has 8 aromatic rings. The van der Waals surface area contributed by atoms with Crippen molar-refractivity contribution in [2.45, 2.75) is 82.5 Å². The predicted molar refractivity (Wildman–Crippen MR) is 312 cm³/mol. The highest BCUT2D eigenvalue weighted by molar-refractivity contribution is 7.44. The second kappa shape index (κ2) is 26.5. The van der Waals surface area contributed by atoms with Gasteiger partial charge in [-0.3, -0.25) is 9.36 Å². The lowest BCUT2D eigenvalue weighted by Gasteiger charge is -2.40. The summed E-state index contributed by atoms with van der Waals surface area (Å²) in [5.41, 5.74) is 2.64. The van der Waals surface area contributed by atoms with E-state index in [1.165, 1.54) is 16.7 Å². The molecule has 1 aliphatic heterocycles. The molecule has 0 aliphatic carbocycles. The molecule has 0 saturated carbocycles. The van der Waals surface area contributed by atoms with Crippen molar-refractivity contribution in [2.75, 3.05) is 53.1 Å². The standard InChI is InChI=1S/C62H71N6O9PSi/c1-44(2)68(45(3)4)78(75-39-40-79(8,52-25-17-11-18-26-52)53-27-19-12-20-28-53)77-56-54(41-74-62(47-23-15-10-16-24-47,48-29-33-50(71-6)34-30-48)49-31-35-51(72-7)36-32-49)76-61(57(56)73-38-37-70-5)67-43-65-55-58(63-42-64-59(55)67)66-60(69)46-21-13-9-14-22-46/h9-36,42-45,54,56-57,61H,37-41H2,1-8H3,(H,63,64,66,69)/t54-,56-,57-,61-,78?/m1/s1. The van der Waals surface area contributed by atoms with Crippen molar-refractivity contribution in [2.24, 2.45) is 0 Å². The van der Waals surface area contributed by atoms with Crippen molar-refractivity contribution < 1.29 is 42.3 Å². The minimum atomic E-state index is -2.34. The summed E-state index contributed by atoms with van der Waals surface area (Å²) < 4.78 is 57.9. The average Bonchev–Trinajstić information content (AvgIpc) is 4.21. The monoisotopic (exact) mass is 1100 g/mol. The highest BCUT2D eigenvalue weighted by Crippen LogP contribution is 2.52. The molecule has 1 N–H and O–H groups in total. The zero-order valence-electron chi connectivity index (χ0n) is 46.2. The molecule has 3 heterocycles. The van der Waals surface area contributed by atoms with Crippen LogP contribution in [0.15, 0.2) is 183 Å². The van der Waals surface area contributed by atoms with Crippen LogP contribution in [-0.4, -0.2) is 116 Å². The highest BCUT2D eigenvalue weighted by atomic mass is 31.2. The molecule has 1 amide bonds. The number of fused-ring (bicyclic) bond motifs is 1. The average molecular weight is 1100 g/mol. The molecule has 15 nitrogen and oxygen atoms in total. The van der Waals surface area contributed by atoms with Gasteiger partial charge >= 0.3 is 0 Å². The Morgan fingerprint density at radius 3 is 1.77 bits per heavy atom.